The van der Waals surface area contributed by atoms with Crippen LogP contribution in [-0.2, 0) is 6.54 Å². The van der Waals surface area contributed by atoms with Gasteiger partial charge in [-0.2, -0.15) is 13.2 Å². The van der Waals surface area contributed by atoms with E-state index in [1.165, 1.54) is 16.2 Å². The minimum atomic E-state index is -4.27. The van der Waals surface area contributed by atoms with Crippen LogP contribution in [-0.4, -0.2) is 28.1 Å². The van der Waals surface area contributed by atoms with E-state index in [2.05, 4.69) is 4.98 Å². The number of hydrogen-bond acceptors (Lipinski definition) is 4. The third-order valence-corrected chi connectivity index (χ3v) is 3.53. The SMILES string of the molecule is CC(C)N(CC(F)(F)F)c1nc2sccn2c1CN. The lowest BCUT2D eigenvalue weighted by Gasteiger charge is -2.28. The Morgan fingerprint density at radius 2 is 2.16 bits per heavy atom. The van der Waals surface area contributed by atoms with Crippen LogP contribution in [0, 0.1) is 0 Å². The van der Waals surface area contributed by atoms with Crippen molar-refractivity contribution in [3.63, 3.8) is 0 Å². The first kappa shape index (κ1) is 14.1. The molecule has 8 heteroatoms. The van der Waals surface area contributed by atoms with Crippen molar-refractivity contribution < 1.29 is 13.2 Å². The number of thiazole rings is 1. The zero-order valence-corrected chi connectivity index (χ0v) is 11.4. The Balaban J connectivity index is 2.46. The number of rotatable bonds is 4. The van der Waals surface area contributed by atoms with Crippen LogP contribution in [0.5, 0.6) is 0 Å². The lowest BCUT2D eigenvalue weighted by Crippen LogP contribution is -2.40. The standard InChI is InChI=1S/C11H15F3N4S/c1-7(2)18(6-11(12,13)14)9-8(5-15)17-3-4-19-10(17)16-9/h3-4,7H,5-6,15H2,1-2H3. The summed E-state index contributed by atoms with van der Waals surface area (Å²) in [5.41, 5.74) is 6.26. The van der Waals surface area contributed by atoms with Crippen LogP contribution >= 0.6 is 11.3 Å². The van der Waals surface area contributed by atoms with E-state index in [1.807, 2.05) is 5.38 Å². The Bertz CT molecular complexity index is 558. The molecule has 2 N–H and O–H groups in total. The smallest absolute Gasteiger partial charge is 0.343 e. The quantitative estimate of drug-likeness (QED) is 0.942. The van der Waals surface area contributed by atoms with Crippen LogP contribution in [0.25, 0.3) is 4.96 Å². The molecule has 0 aliphatic rings. The predicted molar refractivity (Wildman–Crippen MR) is 69.5 cm³/mol. The molecule has 0 radical (unpaired) electrons. The molecule has 0 aliphatic heterocycles. The molecule has 2 heterocycles. The van der Waals surface area contributed by atoms with Crippen molar-refractivity contribution in [1.29, 1.82) is 0 Å². The van der Waals surface area contributed by atoms with Gasteiger partial charge in [0.05, 0.1) is 5.69 Å². The Morgan fingerprint density at radius 3 is 2.68 bits per heavy atom. The Kier molecular flexibility index (Phi) is 3.73. The predicted octanol–water partition coefficient (Wildman–Crippen LogP) is 2.63. The van der Waals surface area contributed by atoms with Crippen LogP contribution in [0.2, 0.25) is 0 Å². The fraction of sp³-hybridized carbons (Fsp3) is 0.545. The average Bonchev–Trinajstić information content (AvgIpc) is 2.83. The van der Waals surface area contributed by atoms with Gasteiger partial charge >= 0.3 is 6.18 Å². The van der Waals surface area contributed by atoms with Crippen molar-refractivity contribution in [1.82, 2.24) is 9.38 Å². The molecule has 19 heavy (non-hydrogen) atoms. The molecule has 0 atom stereocenters. The van der Waals surface area contributed by atoms with Crippen molar-refractivity contribution in [3.05, 3.63) is 17.3 Å². The summed E-state index contributed by atoms with van der Waals surface area (Å²) < 4.78 is 39.7. The Morgan fingerprint density at radius 1 is 1.47 bits per heavy atom. The number of nitrogens with two attached hydrogens (primary N) is 1. The monoisotopic (exact) mass is 292 g/mol. The molecule has 106 valence electrons. The highest BCUT2D eigenvalue weighted by atomic mass is 32.1. The van der Waals surface area contributed by atoms with E-state index in [0.29, 0.717) is 16.5 Å². The second-order valence-electron chi connectivity index (χ2n) is 4.48. The number of imidazole rings is 1. The van der Waals surface area contributed by atoms with Crippen LogP contribution in [0.4, 0.5) is 19.0 Å². The molecule has 0 aliphatic carbocycles. The molecule has 0 fully saturated rings. The largest absolute Gasteiger partial charge is 0.405 e. The first-order chi connectivity index (χ1) is 8.83. The average molecular weight is 292 g/mol. The number of anilines is 1. The summed E-state index contributed by atoms with van der Waals surface area (Å²) in [5, 5.41) is 1.83. The highest BCUT2D eigenvalue weighted by Crippen LogP contribution is 2.28. The summed E-state index contributed by atoms with van der Waals surface area (Å²) >= 11 is 1.37. The fourth-order valence-electron chi connectivity index (χ4n) is 1.94. The topological polar surface area (TPSA) is 46.6 Å². The first-order valence-corrected chi connectivity index (χ1v) is 6.69. The number of aromatic nitrogens is 2. The van der Waals surface area contributed by atoms with E-state index in [-0.39, 0.29) is 12.6 Å². The van der Waals surface area contributed by atoms with E-state index < -0.39 is 12.7 Å². The molecular formula is C11H15F3N4S. The van der Waals surface area contributed by atoms with E-state index in [0.717, 1.165) is 0 Å². The van der Waals surface area contributed by atoms with Gasteiger partial charge in [0, 0.05) is 24.2 Å². The molecule has 0 saturated carbocycles. The summed E-state index contributed by atoms with van der Waals surface area (Å²) in [4.78, 5) is 6.17. The minimum Gasteiger partial charge on any atom is -0.343 e. The Hall–Kier alpha value is -1.28. The summed E-state index contributed by atoms with van der Waals surface area (Å²) in [6, 6.07) is -0.309. The second kappa shape index (κ2) is 5.01. The molecule has 4 nitrogen and oxygen atoms in total. The van der Waals surface area contributed by atoms with Crippen LogP contribution < -0.4 is 10.6 Å². The number of fused-ring (bicyclic) bond motifs is 1. The number of alkyl halides is 3. The molecule has 0 saturated heterocycles. The molecule has 2 aromatic rings. The summed E-state index contributed by atoms with van der Waals surface area (Å²) in [6.45, 7) is 2.54. The summed E-state index contributed by atoms with van der Waals surface area (Å²) in [7, 11) is 0. The second-order valence-corrected chi connectivity index (χ2v) is 5.35. The normalized spacial score (nSPS) is 12.6. The summed E-state index contributed by atoms with van der Waals surface area (Å²) in [6.07, 6.45) is -2.50. The summed E-state index contributed by atoms with van der Waals surface area (Å²) in [5.74, 6) is 0.321. The minimum absolute atomic E-state index is 0.147. The molecule has 0 aromatic carbocycles. The zero-order valence-electron chi connectivity index (χ0n) is 10.6. The van der Waals surface area contributed by atoms with E-state index in [1.54, 1.807) is 24.4 Å². The van der Waals surface area contributed by atoms with Gasteiger partial charge in [-0.3, -0.25) is 4.40 Å². The molecule has 0 bridgehead atoms. The Labute approximate surface area is 112 Å². The highest BCUT2D eigenvalue weighted by molar-refractivity contribution is 7.15. The molecular weight excluding hydrogens is 277 g/mol. The zero-order chi connectivity index (χ0) is 14.2. The van der Waals surface area contributed by atoms with Gasteiger partial charge in [-0.1, -0.05) is 0 Å². The lowest BCUT2D eigenvalue weighted by molar-refractivity contribution is -0.120. The van der Waals surface area contributed by atoms with Crippen molar-refractivity contribution in [2.75, 3.05) is 11.4 Å². The number of halogens is 3. The van der Waals surface area contributed by atoms with Gasteiger partial charge in [-0.25, -0.2) is 4.98 Å². The van der Waals surface area contributed by atoms with Crippen molar-refractivity contribution >= 4 is 22.1 Å². The van der Waals surface area contributed by atoms with E-state index in [4.69, 9.17) is 5.73 Å². The fourth-order valence-corrected chi connectivity index (χ4v) is 2.66. The van der Waals surface area contributed by atoms with Gasteiger partial charge in [0.2, 0.25) is 0 Å². The van der Waals surface area contributed by atoms with Crippen molar-refractivity contribution in [2.45, 2.75) is 32.6 Å². The van der Waals surface area contributed by atoms with E-state index in [9.17, 15) is 13.2 Å². The molecule has 2 rings (SSSR count). The van der Waals surface area contributed by atoms with Crippen LogP contribution in [0.1, 0.15) is 19.5 Å². The van der Waals surface area contributed by atoms with Gasteiger partial charge in [0.25, 0.3) is 0 Å². The number of nitrogens with zero attached hydrogens (tertiary/aromatic N) is 3. The van der Waals surface area contributed by atoms with Gasteiger partial charge in [0.15, 0.2) is 10.8 Å². The van der Waals surface area contributed by atoms with Crippen LogP contribution in [0.15, 0.2) is 11.6 Å². The molecule has 0 spiro atoms. The van der Waals surface area contributed by atoms with Gasteiger partial charge < -0.3 is 10.6 Å². The number of hydrogen-bond donors (Lipinski definition) is 1. The van der Waals surface area contributed by atoms with Gasteiger partial charge in [0.1, 0.15) is 6.54 Å². The van der Waals surface area contributed by atoms with E-state index >= 15 is 0 Å². The maximum absolute atomic E-state index is 12.7. The van der Waals surface area contributed by atoms with Gasteiger partial charge in [-0.15, -0.1) is 11.3 Å². The third kappa shape index (κ3) is 2.84. The van der Waals surface area contributed by atoms with Gasteiger partial charge in [-0.05, 0) is 13.8 Å². The van der Waals surface area contributed by atoms with Crippen molar-refractivity contribution in [3.8, 4) is 0 Å². The molecule has 2 aromatic heterocycles. The maximum Gasteiger partial charge on any atom is 0.405 e. The lowest BCUT2D eigenvalue weighted by atomic mass is 10.3. The molecule has 0 unspecified atom stereocenters. The maximum atomic E-state index is 12.7. The first-order valence-electron chi connectivity index (χ1n) is 5.81. The highest BCUT2D eigenvalue weighted by Gasteiger charge is 2.34. The molecule has 0 amide bonds. The van der Waals surface area contributed by atoms with Crippen LogP contribution in [0.3, 0.4) is 0 Å². The van der Waals surface area contributed by atoms with Crippen molar-refractivity contribution in [2.24, 2.45) is 5.73 Å². The third-order valence-electron chi connectivity index (χ3n) is 2.78.